The molecule has 1 fully saturated rings. The van der Waals surface area contributed by atoms with Crippen molar-refractivity contribution in [2.45, 2.75) is 6.04 Å². The predicted molar refractivity (Wildman–Crippen MR) is 70.3 cm³/mol. The molecule has 0 radical (unpaired) electrons. The summed E-state index contributed by atoms with van der Waals surface area (Å²) in [5, 5.41) is 9.09. The highest BCUT2D eigenvalue weighted by molar-refractivity contribution is 5.71. The summed E-state index contributed by atoms with van der Waals surface area (Å²) in [5.74, 6) is -1.04. The molecule has 6 heteroatoms. The number of likely N-dealkylation sites (N-methyl/N-ethyl adjacent to an activating group) is 1. The first kappa shape index (κ1) is 14.7. The van der Waals surface area contributed by atoms with Crippen molar-refractivity contribution in [3.8, 4) is 5.75 Å². The lowest BCUT2D eigenvalue weighted by molar-refractivity contribution is -0.143. The Bertz CT molecular complexity index is 451. The van der Waals surface area contributed by atoms with Crippen molar-refractivity contribution in [1.29, 1.82) is 0 Å². The van der Waals surface area contributed by atoms with Crippen molar-refractivity contribution in [2.75, 3.05) is 33.4 Å². The number of carboxylic acid groups (broad SMARTS) is 1. The molecule has 0 spiro atoms. The largest absolute Gasteiger partial charge is 0.492 e. The number of aliphatic carboxylic acids is 1. The average molecular weight is 283 g/mol. The molecule has 20 heavy (non-hydrogen) atoms. The van der Waals surface area contributed by atoms with Crippen LogP contribution >= 0.6 is 0 Å². The SMILES string of the molecule is CN(CCOc1ccc(F)cc1)C1COCC1C(=O)O. The van der Waals surface area contributed by atoms with Gasteiger partial charge in [-0.15, -0.1) is 0 Å². The minimum absolute atomic E-state index is 0.135. The number of halogens is 1. The minimum Gasteiger partial charge on any atom is -0.492 e. The maximum Gasteiger partial charge on any atom is 0.310 e. The average Bonchev–Trinajstić information content (AvgIpc) is 2.90. The zero-order valence-electron chi connectivity index (χ0n) is 11.3. The van der Waals surface area contributed by atoms with E-state index in [0.717, 1.165) is 0 Å². The fourth-order valence-electron chi connectivity index (χ4n) is 2.22. The Morgan fingerprint density at radius 3 is 2.80 bits per heavy atom. The van der Waals surface area contributed by atoms with Gasteiger partial charge in [0.15, 0.2) is 0 Å². The van der Waals surface area contributed by atoms with Gasteiger partial charge in [0.2, 0.25) is 0 Å². The monoisotopic (exact) mass is 283 g/mol. The Labute approximate surface area is 116 Å². The third-order valence-electron chi connectivity index (χ3n) is 3.46. The molecule has 1 aliphatic heterocycles. The fourth-order valence-corrected chi connectivity index (χ4v) is 2.22. The highest BCUT2D eigenvalue weighted by Gasteiger charge is 2.36. The number of carboxylic acids is 1. The lowest BCUT2D eigenvalue weighted by atomic mass is 10.0. The smallest absolute Gasteiger partial charge is 0.310 e. The van der Waals surface area contributed by atoms with E-state index in [4.69, 9.17) is 14.6 Å². The van der Waals surface area contributed by atoms with Crippen LogP contribution in [0.25, 0.3) is 0 Å². The predicted octanol–water partition coefficient (Wildman–Crippen LogP) is 1.24. The van der Waals surface area contributed by atoms with Gasteiger partial charge in [0.05, 0.1) is 19.1 Å². The normalized spacial score (nSPS) is 22.1. The van der Waals surface area contributed by atoms with E-state index in [9.17, 15) is 9.18 Å². The molecule has 2 unspecified atom stereocenters. The first-order chi connectivity index (χ1) is 9.58. The summed E-state index contributed by atoms with van der Waals surface area (Å²) in [7, 11) is 1.85. The van der Waals surface area contributed by atoms with E-state index in [1.807, 2.05) is 11.9 Å². The molecule has 1 N–H and O–H groups in total. The zero-order valence-corrected chi connectivity index (χ0v) is 11.3. The van der Waals surface area contributed by atoms with Gasteiger partial charge in [0.25, 0.3) is 0 Å². The van der Waals surface area contributed by atoms with E-state index in [-0.39, 0.29) is 18.5 Å². The second-order valence-corrected chi connectivity index (χ2v) is 4.83. The molecule has 0 aromatic heterocycles. The van der Waals surface area contributed by atoms with Crippen LogP contribution in [0.3, 0.4) is 0 Å². The van der Waals surface area contributed by atoms with E-state index in [2.05, 4.69) is 0 Å². The molecule has 1 aromatic rings. The van der Waals surface area contributed by atoms with Crippen molar-refractivity contribution in [1.82, 2.24) is 4.90 Å². The summed E-state index contributed by atoms with van der Waals surface area (Å²) in [6, 6.07) is 5.67. The van der Waals surface area contributed by atoms with Crippen molar-refractivity contribution in [3.05, 3.63) is 30.1 Å². The van der Waals surface area contributed by atoms with Gasteiger partial charge in [-0.2, -0.15) is 0 Å². The Morgan fingerprint density at radius 2 is 2.15 bits per heavy atom. The van der Waals surface area contributed by atoms with Crippen LogP contribution in [0.4, 0.5) is 4.39 Å². The van der Waals surface area contributed by atoms with E-state index < -0.39 is 11.9 Å². The highest BCUT2D eigenvalue weighted by Crippen LogP contribution is 2.19. The molecule has 2 atom stereocenters. The van der Waals surface area contributed by atoms with Gasteiger partial charge in [-0.1, -0.05) is 0 Å². The van der Waals surface area contributed by atoms with Crippen LogP contribution in [0, 0.1) is 11.7 Å². The molecule has 0 amide bonds. The van der Waals surface area contributed by atoms with Crippen molar-refractivity contribution in [2.24, 2.45) is 5.92 Å². The summed E-state index contributed by atoms with van der Waals surface area (Å²) < 4.78 is 23.4. The maximum atomic E-state index is 12.7. The highest BCUT2D eigenvalue weighted by atomic mass is 19.1. The molecule has 1 aromatic carbocycles. The quantitative estimate of drug-likeness (QED) is 0.851. The van der Waals surface area contributed by atoms with E-state index in [1.165, 1.54) is 12.1 Å². The second kappa shape index (κ2) is 6.67. The third kappa shape index (κ3) is 3.68. The van der Waals surface area contributed by atoms with Gasteiger partial charge in [-0.05, 0) is 31.3 Å². The number of hydrogen-bond donors (Lipinski definition) is 1. The molecule has 5 nitrogen and oxygen atoms in total. The van der Waals surface area contributed by atoms with Crippen LogP contribution in [-0.4, -0.2) is 55.4 Å². The summed E-state index contributed by atoms with van der Waals surface area (Å²) in [6.45, 7) is 1.66. The number of nitrogens with zero attached hydrogens (tertiary/aromatic N) is 1. The topological polar surface area (TPSA) is 59.0 Å². The van der Waals surface area contributed by atoms with Crippen LogP contribution in [0.2, 0.25) is 0 Å². The molecule has 1 saturated heterocycles. The van der Waals surface area contributed by atoms with E-state index in [0.29, 0.717) is 25.5 Å². The molecule has 0 bridgehead atoms. The Morgan fingerprint density at radius 1 is 1.45 bits per heavy atom. The number of rotatable bonds is 6. The van der Waals surface area contributed by atoms with Gasteiger partial charge in [0, 0.05) is 12.6 Å². The summed E-state index contributed by atoms with van der Waals surface area (Å²) >= 11 is 0. The number of hydrogen-bond acceptors (Lipinski definition) is 4. The molecule has 1 aliphatic rings. The molecular formula is C14H18FNO4. The summed E-state index contributed by atoms with van der Waals surface area (Å²) in [6.07, 6.45) is 0. The number of benzene rings is 1. The Balaban J connectivity index is 1.78. The third-order valence-corrected chi connectivity index (χ3v) is 3.46. The number of ether oxygens (including phenoxy) is 2. The number of carbonyl (C=O) groups is 1. The van der Waals surface area contributed by atoms with Crippen molar-refractivity contribution >= 4 is 5.97 Å². The van der Waals surface area contributed by atoms with Crippen LogP contribution in [0.1, 0.15) is 0 Å². The van der Waals surface area contributed by atoms with Crippen LogP contribution in [0.5, 0.6) is 5.75 Å². The van der Waals surface area contributed by atoms with E-state index in [1.54, 1.807) is 12.1 Å². The van der Waals surface area contributed by atoms with Gasteiger partial charge in [0.1, 0.15) is 18.2 Å². The van der Waals surface area contributed by atoms with E-state index >= 15 is 0 Å². The molecule has 2 rings (SSSR count). The van der Waals surface area contributed by atoms with Crippen molar-refractivity contribution < 1.29 is 23.8 Å². The Hall–Kier alpha value is -1.66. The first-order valence-corrected chi connectivity index (χ1v) is 6.47. The summed E-state index contributed by atoms with van der Waals surface area (Å²) in [5.41, 5.74) is 0. The lowest BCUT2D eigenvalue weighted by Crippen LogP contribution is -2.42. The van der Waals surface area contributed by atoms with Gasteiger partial charge >= 0.3 is 5.97 Å². The van der Waals surface area contributed by atoms with Crippen LogP contribution < -0.4 is 4.74 Å². The van der Waals surface area contributed by atoms with Gasteiger partial charge < -0.3 is 14.6 Å². The summed E-state index contributed by atoms with van der Waals surface area (Å²) in [4.78, 5) is 13.0. The Kier molecular flexibility index (Phi) is 4.92. The lowest BCUT2D eigenvalue weighted by Gasteiger charge is -2.25. The molecular weight excluding hydrogens is 265 g/mol. The minimum atomic E-state index is -0.834. The van der Waals surface area contributed by atoms with Crippen LogP contribution in [0.15, 0.2) is 24.3 Å². The maximum absolute atomic E-state index is 12.7. The fraction of sp³-hybridized carbons (Fsp3) is 0.500. The van der Waals surface area contributed by atoms with Crippen LogP contribution in [-0.2, 0) is 9.53 Å². The van der Waals surface area contributed by atoms with Gasteiger partial charge in [-0.3, -0.25) is 9.69 Å². The van der Waals surface area contributed by atoms with Gasteiger partial charge in [-0.25, -0.2) is 4.39 Å². The zero-order chi connectivity index (χ0) is 14.5. The second-order valence-electron chi connectivity index (χ2n) is 4.83. The molecule has 0 aliphatic carbocycles. The standard InChI is InChI=1S/C14H18FNO4/c1-16(13-9-19-8-12(13)14(17)18)6-7-20-11-4-2-10(15)3-5-11/h2-5,12-13H,6-9H2,1H3,(H,17,18). The van der Waals surface area contributed by atoms with Crippen molar-refractivity contribution in [3.63, 3.8) is 0 Å². The first-order valence-electron chi connectivity index (χ1n) is 6.47. The molecule has 110 valence electrons. The molecule has 0 saturated carbocycles. The molecule has 1 heterocycles.